The molecule has 166 valence electrons. The number of carbonyl (C=O) groups excluding carboxylic acids is 4. The SMILES string of the molecule is O=C1CCC(N2Cc3cc(NC(=O)c4cc5c([nH]4)CC(F)(F)CC5)ccc3C2=O)C(=O)N1. The molecule has 1 unspecified atom stereocenters. The van der Waals surface area contributed by atoms with Crippen molar-refractivity contribution in [3.05, 3.63) is 52.3 Å². The van der Waals surface area contributed by atoms with Gasteiger partial charge in [-0.1, -0.05) is 0 Å². The van der Waals surface area contributed by atoms with E-state index < -0.39 is 30.2 Å². The second kappa shape index (κ2) is 7.25. The molecule has 0 spiro atoms. The Morgan fingerprint density at radius 3 is 2.72 bits per heavy atom. The third-order valence-corrected chi connectivity index (χ3v) is 6.21. The fraction of sp³-hybridized carbons (Fsp3) is 0.364. The van der Waals surface area contributed by atoms with Crippen LogP contribution in [0.3, 0.4) is 0 Å². The van der Waals surface area contributed by atoms with Crippen LogP contribution in [-0.2, 0) is 29.0 Å². The molecule has 1 fully saturated rings. The number of anilines is 1. The molecule has 5 rings (SSSR count). The van der Waals surface area contributed by atoms with Gasteiger partial charge in [0, 0.05) is 36.3 Å². The number of rotatable bonds is 3. The molecule has 1 aromatic carbocycles. The second-order valence-corrected chi connectivity index (χ2v) is 8.45. The Balaban J connectivity index is 1.31. The molecule has 0 saturated carbocycles. The average Bonchev–Trinajstić information content (AvgIpc) is 3.28. The molecule has 3 N–H and O–H groups in total. The molecule has 1 aliphatic carbocycles. The van der Waals surface area contributed by atoms with E-state index in [2.05, 4.69) is 15.6 Å². The lowest BCUT2D eigenvalue weighted by Gasteiger charge is -2.29. The van der Waals surface area contributed by atoms with Gasteiger partial charge in [0.2, 0.25) is 11.8 Å². The quantitative estimate of drug-likeness (QED) is 0.633. The summed E-state index contributed by atoms with van der Waals surface area (Å²) in [5.41, 5.74) is 2.85. The van der Waals surface area contributed by atoms with Crippen molar-refractivity contribution in [3.8, 4) is 0 Å². The van der Waals surface area contributed by atoms with Crippen LogP contribution in [0, 0.1) is 0 Å². The number of imide groups is 1. The number of benzene rings is 1. The van der Waals surface area contributed by atoms with E-state index in [1.807, 2.05) is 0 Å². The number of halogens is 2. The lowest BCUT2D eigenvalue weighted by atomic mass is 9.95. The summed E-state index contributed by atoms with van der Waals surface area (Å²) in [4.78, 5) is 53.2. The third kappa shape index (κ3) is 3.55. The number of hydrogen-bond acceptors (Lipinski definition) is 4. The van der Waals surface area contributed by atoms with Gasteiger partial charge in [-0.05, 0) is 48.2 Å². The smallest absolute Gasteiger partial charge is 0.272 e. The first kappa shape index (κ1) is 20.3. The Morgan fingerprint density at radius 2 is 1.94 bits per heavy atom. The predicted octanol–water partition coefficient (Wildman–Crippen LogP) is 2.15. The summed E-state index contributed by atoms with van der Waals surface area (Å²) in [6.07, 6.45) is 0.00581. The zero-order chi connectivity index (χ0) is 22.6. The number of aromatic amines is 1. The largest absolute Gasteiger partial charge is 0.354 e. The molecular formula is C22H20F2N4O4. The maximum absolute atomic E-state index is 13.6. The highest BCUT2D eigenvalue weighted by atomic mass is 19.3. The molecular weight excluding hydrogens is 422 g/mol. The van der Waals surface area contributed by atoms with Crippen LogP contribution < -0.4 is 10.6 Å². The van der Waals surface area contributed by atoms with Gasteiger partial charge in [0.15, 0.2) is 0 Å². The van der Waals surface area contributed by atoms with E-state index in [0.717, 1.165) is 5.56 Å². The Kier molecular flexibility index (Phi) is 4.61. The lowest BCUT2D eigenvalue weighted by molar-refractivity contribution is -0.136. The van der Waals surface area contributed by atoms with Crippen LogP contribution in [-0.4, -0.2) is 45.5 Å². The van der Waals surface area contributed by atoms with Gasteiger partial charge in [-0.3, -0.25) is 24.5 Å². The topological polar surface area (TPSA) is 111 Å². The predicted molar refractivity (Wildman–Crippen MR) is 108 cm³/mol. The van der Waals surface area contributed by atoms with Crippen molar-refractivity contribution in [1.29, 1.82) is 0 Å². The van der Waals surface area contributed by atoms with E-state index in [1.165, 1.54) is 4.90 Å². The van der Waals surface area contributed by atoms with Gasteiger partial charge in [-0.15, -0.1) is 0 Å². The van der Waals surface area contributed by atoms with Crippen LogP contribution in [0.4, 0.5) is 14.5 Å². The number of aryl methyl sites for hydroxylation is 1. The van der Waals surface area contributed by atoms with Crippen LogP contribution in [0.15, 0.2) is 24.3 Å². The summed E-state index contributed by atoms with van der Waals surface area (Å²) in [7, 11) is 0. The van der Waals surface area contributed by atoms with Crippen molar-refractivity contribution in [2.45, 2.75) is 50.6 Å². The molecule has 0 bridgehead atoms. The highest BCUT2D eigenvalue weighted by molar-refractivity contribution is 6.06. The van der Waals surface area contributed by atoms with Crippen LogP contribution in [0.1, 0.15) is 56.9 Å². The Morgan fingerprint density at radius 1 is 1.12 bits per heavy atom. The van der Waals surface area contributed by atoms with Gasteiger partial charge in [0.25, 0.3) is 17.7 Å². The van der Waals surface area contributed by atoms with Crippen LogP contribution >= 0.6 is 0 Å². The van der Waals surface area contributed by atoms with E-state index in [9.17, 15) is 28.0 Å². The summed E-state index contributed by atoms with van der Waals surface area (Å²) in [6, 6.07) is 5.71. The number of nitrogens with one attached hydrogen (secondary N) is 3. The van der Waals surface area contributed by atoms with Crippen molar-refractivity contribution in [2.75, 3.05) is 5.32 Å². The summed E-state index contributed by atoms with van der Waals surface area (Å²) in [5.74, 6) is -4.38. The first-order chi connectivity index (χ1) is 15.2. The van der Waals surface area contributed by atoms with E-state index >= 15 is 0 Å². The van der Waals surface area contributed by atoms with Gasteiger partial charge < -0.3 is 15.2 Å². The zero-order valence-electron chi connectivity index (χ0n) is 17.0. The normalized spacial score (nSPS) is 21.8. The number of fused-ring (bicyclic) bond motifs is 2. The number of amides is 4. The summed E-state index contributed by atoms with van der Waals surface area (Å²) < 4.78 is 27.2. The van der Waals surface area contributed by atoms with Gasteiger partial charge >= 0.3 is 0 Å². The van der Waals surface area contributed by atoms with Crippen molar-refractivity contribution >= 4 is 29.3 Å². The Bertz CT molecular complexity index is 1170. The van der Waals surface area contributed by atoms with Gasteiger partial charge in [-0.25, -0.2) is 8.78 Å². The van der Waals surface area contributed by atoms with Crippen molar-refractivity contribution in [1.82, 2.24) is 15.2 Å². The lowest BCUT2D eigenvalue weighted by Crippen LogP contribution is -2.52. The minimum atomic E-state index is -2.77. The molecule has 32 heavy (non-hydrogen) atoms. The van der Waals surface area contributed by atoms with E-state index in [4.69, 9.17) is 0 Å². The highest BCUT2D eigenvalue weighted by Crippen LogP contribution is 2.33. The monoisotopic (exact) mass is 442 g/mol. The molecule has 1 saturated heterocycles. The minimum Gasteiger partial charge on any atom is -0.354 e. The molecule has 0 radical (unpaired) electrons. The number of H-pyrrole nitrogens is 1. The average molecular weight is 442 g/mol. The number of nitrogens with zero attached hydrogens (tertiary/aromatic N) is 1. The number of piperidine rings is 1. The van der Waals surface area contributed by atoms with E-state index in [1.54, 1.807) is 24.3 Å². The molecule has 3 heterocycles. The molecule has 1 atom stereocenters. The summed E-state index contributed by atoms with van der Waals surface area (Å²) in [5, 5.41) is 4.99. The van der Waals surface area contributed by atoms with Crippen LogP contribution in [0.2, 0.25) is 0 Å². The fourth-order valence-electron chi connectivity index (χ4n) is 4.56. The van der Waals surface area contributed by atoms with Crippen molar-refractivity contribution < 1.29 is 28.0 Å². The van der Waals surface area contributed by atoms with Crippen molar-refractivity contribution in [2.24, 2.45) is 0 Å². The van der Waals surface area contributed by atoms with Crippen molar-refractivity contribution in [3.63, 3.8) is 0 Å². The second-order valence-electron chi connectivity index (χ2n) is 8.45. The van der Waals surface area contributed by atoms with E-state index in [0.29, 0.717) is 22.5 Å². The standard InChI is InChI=1S/C22H20F2N4O4/c23-22(24)6-5-11-8-15(26-16(11)9-22)19(30)25-13-1-2-14-12(7-13)10-28(21(14)32)17-3-4-18(29)27-20(17)31/h1-2,7-8,17,26H,3-6,9-10H2,(H,25,30)(H,27,29,31). The number of alkyl halides is 2. The van der Waals surface area contributed by atoms with Crippen LogP contribution in [0.25, 0.3) is 0 Å². The minimum absolute atomic E-state index is 0.171. The van der Waals surface area contributed by atoms with Gasteiger partial charge in [-0.2, -0.15) is 0 Å². The molecule has 2 aliphatic heterocycles. The van der Waals surface area contributed by atoms with E-state index in [-0.39, 0.29) is 49.7 Å². The number of aromatic nitrogens is 1. The number of carbonyl (C=O) groups is 4. The maximum atomic E-state index is 13.6. The Hall–Kier alpha value is -3.56. The molecule has 3 aliphatic rings. The Labute approximate surface area is 181 Å². The first-order valence-electron chi connectivity index (χ1n) is 10.4. The molecule has 2 aromatic rings. The van der Waals surface area contributed by atoms with Gasteiger partial charge in [0.05, 0.1) is 6.42 Å². The maximum Gasteiger partial charge on any atom is 0.272 e. The summed E-state index contributed by atoms with van der Waals surface area (Å²) >= 11 is 0. The molecule has 8 nitrogen and oxygen atoms in total. The summed E-state index contributed by atoms with van der Waals surface area (Å²) in [6.45, 7) is 0.191. The highest BCUT2D eigenvalue weighted by Gasteiger charge is 2.39. The number of hydrogen-bond donors (Lipinski definition) is 3. The fourth-order valence-corrected chi connectivity index (χ4v) is 4.56. The van der Waals surface area contributed by atoms with Gasteiger partial charge in [0.1, 0.15) is 11.7 Å². The zero-order valence-corrected chi connectivity index (χ0v) is 17.0. The molecule has 1 aromatic heterocycles. The first-order valence-corrected chi connectivity index (χ1v) is 10.4. The van der Waals surface area contributed by atoms with Crippen LogP contribution in [0.5, 0.6) is 0 Å². The molecule has 4 amide bonds. The third-order valence-electron chi connectivity index (χ3n) is 6.21. The molecule has 10 heteroatoms.